The molecule has 3 nitrogen and oxygen atoms in total. The largest absolute Gasteiger partial charge is 0.432 e. The quantitative estimate of drug-likeness (QED) is 0.438. The fraction of sp³-hybridized carbons (Fsp3) is 0.136. The van der Waals surface area contributed by atoms with Crippen molar-refractivity contribution in [3.8, 4) is 11.3 Å². The molecule has 146 valence electrons. The second kappa shape index (κ2) is 6.07. The lowest BCUT2D eigenvalue weighted by molar-refractivity contribution is -0.208. The topological polar surface area (TPSA) is 29.9 Å². The first kappa shape index (κ1) is 17.7. The molecule has 0 amide bonds. The Morgan fingerprint density at radius 2 is 1.62 bits per heavy atom. The summed E-state index contributed by atoms with van der Waals surface area (Å²) < 4.78 is 59.7. The van der Waals surface area contributed by atoms with E-state index < -0.39 is 24.1 Å². The molecule has 3 aromatic carbocycles. The maximum absolute atomic E-state index is 14.8. The molecule has 0 bridgehead atoms. The minimum Gasteiger partial charge on any atom is -0.354 e. The van der Waals surface area contributed by atoms with Crippen molar-refractivity contribution in [1.29, 1.82) is 0 Å². The molecule has 1 aliphatic heterocycles. The van der Waals surface area contributed by atoms with Gasteiger partial charge in [0.05, 0.1) is 11.2 Å². The number of halogens is 4. The molecule has 1 atom stereocenters. The van der Waals surface area contributed by atoms with Crippen LogP contribution in [-0.2, 0) is 12.1 Å². The molecular formula is C22H15F4N3. The van der Waals surface area contributed by atoms with Crippen molar-refractivity contribution in [3.63, 3.8) is 0 Å². The molecule has 1 aromatic heterocycles. The second-order valence-electron chi connectivity index (χ2n) is 7.08. The number of nitrogens with zero attached hydrogens (tertiary/aromatic N) is 2. The van der Waals surface area contributed by atoms with E-state index in [1.807, 2.05) is 0 Å². The number of fused-ring (bicyclic) bond motifs is 5. The van der Waals surface area contributed by atoms with Crippen molar-refractivity contribution in [2.24, 2.45) is 0 Å². The normalized spacial score (nSPS) is 18.3. The Morgan fingerprint density at radius 1 is 0.897 bits per heavy atom. The van der Waals surface area contributed by atoms with E-state index in [2.05, 4.69) is 10.4 Å². The molecule has 1 unspecified atom stereocenters. The van der Waals surface area contributed by atoms with Gasteiger partial charge in [-0.15, -0.1) is 0 Å². The van der Waals surface area contributed by atoms with Crippen LogP contribution in [0.25, 0.3) is 22.2 Å². The van der Waals surface area contributed by atoms with Crippen molar-refractivity contribution in [2.45, 2.75) is 18.3 Å². The number of rotatable bonds is 2. The molecule has 29 heavy (non-hydrogen) atoms. The highest BCUT2D eigenvalue weighted by Gasteiger charge is 2.60. The SMILES string of the molecule is Fc1cccc2c1-c1c3ccccc3nn1C(Nc1ccccc1)(C(F)(F)F)C2. The number of aromatic nitrogens is 2. The third kappa shape index (κ3) is 2.53. The zero-order valence-electron chi connectivity index (χ0n) is 15.0. The molecule has 0 saturated heterocycles. The van der Waals surface area contributed by atoms with Gasteiger partial charge in [-0.25, -0.2) is 9.07 Å². The number of benzene rings is 3. The second-order valence-corrected chi connectivity index (χ2v) is 7.08. The predicted molar refractivity (Wildman–Crippen MR) is 103 cm³/mol. The van der Waals surface area contributed by atoms with Gasteiger partial charge in [0.2, 0.25) is 5.66 Å². The summed E-state index contributed by atoms with van der Waals surface area (Å²) in [6.45, 7) is 0. The number of nitrogens with one attached hydrogen (secondary N) is 1. The molecule has 0 fully saturated rings. The molecule has 7 heteroatoms. The molecule has 2 heterocycles. The first-order valence-electron chi connectivity index (χ1n) is 9.07. The van der Waals surface area contributed by atoms with E-state index in [9.17, 15) is 17.6 Å². The average Bonchev–Trinajstić information content (AvgIpc) is 3.08. The summed E-state index contributed by atoms with van der Waals surface area (Å²) in [5.74, 6) is -0.565. The van der Waals surface area contributed by atoms with E-state index in [0.29, 0.717) is 16.6 Å². The lowest BCUT2D eigenvalue weighted by Crippen LogP contribution is -2.57. The van der Waals surface area contributed by atoms with Gasteiger partial charge in [-0.3, -0.25) is 0 Å². The van der Waals surface area contributed by atoms with Crippen LogP contribution in [0.4, 0.5) is 23.2 Å². The van der Waals surface area contributed by atoms with Crippen LogP contribution in [-0.4, -0.2) is 16.0 Å². The smallest absolute Gasteiger partial charge is 0.354 e. The van der Waals surface area contributed by atoms with E-state index in [0.717, 1.165) is 4.68 Å². The number of hydrogen-bond acceptors (Lipinski definition) is 2. The zero-order chi connectivity index (χ0) is 20.2. The average molecular weight is 397 g/mol. The Bertz CT molecular complexity index is 1210. The highest BCUT2D eigenvalue weighted by atomic mass is 19.4. The van der Waals surface area contributed by atoms with Crippen molar-refractivity contribution in [1.82, 2.24) is 9.78 Å². The van der Waals surface area contributed by atoms with Gasteiger partial charge in [0, 0.05) is 23.1 Å². The molecule has 5 rings (SSSR count). The lowest BCUT2D eigenvalue weighted by atomic mass is 9.87. The minimum atomic E-state index is -4.70. The van der Waals surface area contributed by atoms with Gasteiger partial charge in [0.25, 0.3) is 0 Å². The first-order chi connectivity index (χ1) is 13.9. The fourth-order valence-electron chi connectivity index (χ4n) is 4.03. The summed E-state index contributed by atoms with van der Waals surface area (Å²) in [6.07, 6.45) is -5.19. The van der Waals surface area contributed by atoms with Crippen molar-refractivity contribution in [3.05, 3.63) is 84.2 Å². The molecule has 0 radical (unpaired) electrons. The molecule has 0 spiro atoms. The Morgan fingerprint density at radius 3 is 2.38 bits per heavy atom. The third-order valence-electron chi connectivity index (χ3n) is 5.32. The van der Waals surface area contributed by atoms with Gasteiger partial charge in [-0.05, 0) is 29.8 Å². The minimum absolute atomic E-state index is 0.126. The first-order valence-corrected chi connectivity index (χ1v) is 9.07. The summed E-state index contributed by atoms with van der Waals surface area (Å²) >= 11 is 0. The Kier molecular flexibility index (Phi) is 3.71. The van der Waals surface area contributed by atoms with Crippen LogP contribution in [0, 0.1) is 5.82 Å². The molecule has 1 aliphatic rings. The van der Waals surface area contributed by atoms with E-state index in [1.165, 1.54) is 18.2 Å². The Hall–Kier alpha value is -3.35. The summed E-state index contributed by atoms with van der Waals surface area (Å²) in [7, 11) is 0. The highest BCUT2D eigenvalue weighted by molar-refractivity contribution is 5.95. The van der Waals surface area contributed by atoms with Crippen LogP contribution in [0.5, 0.6) is 0 Å². The van der Waals surface area contributed by atoms with E-state index in [-0.39, 0.29) is 16.8 Å². The van der Waals surface area contributed by atoms with Gasteiger partial charge < -0.3 is 5.32 Å². The zero-order valence-corrected chi connectivity index (χ0v) is 15.0. The number of anilines is 1. The number of alkyl halides is 3. The van der Waals surface area contributed by atoms with Crippen LogP contribution in [0.2, 0.25) is 0 Å². The van der Waals surface area contributed by atoms with Gasteiger partial charge in [-0.2, -0.15) is 18.3 Å². The van der Waals surface area contributed by atoms with E-state index in [1.54, 1.807) is 54.6 Å². The molecule has 1 N–H and O–H groups in total. The Labute approximate surface area is 163 Å². The predicted octanol–water partition coefficient (Wildman–Crippen LogP) is 5.73. The van der Waals surface area contributed by atoms with E-state index in [4.69, 9.17) is 0 Å². The van der Waals surface area contributed by atoms with Crippen molar-refractivity contribution in [2.75, 3.05) is 5.32 Å². The summed E-state index contributed by atoms with van der Waals surface area (Å²) in [6, 6.07) is 19.1. The molecule has 4 aromatic rings. The van der Waals surface area contributed by atoms with Crippen LogP contribution >= 0.6 is 0 Å². The lowest BCUT2D eigenvalue weighted by Gasteiger charge is -2.41. The van der Waals surface area contributed by atoms with Gasteiger partial charge in [-0.1, -0.05) is 48.5 Å². The van der Waals surface area contributed by atoms with E-state index >= 15 is 0 Å². The molecular weight excluding hydrogens is 382 g/mol. The van der Waals surface area contributed by atoms with Gasteiger partial charge in [0.1, 0.15) is 5.82 Å². The summed E-state index contributed by atoms with van der Waals surface area (Å²) in [5, 5.41) is 7.42. The summed E-state index contributed by atoms with van der Waals surface area (Å²) in [4.78, 5) is 0. The van der Waals surface area contributed by atoms with Crippen LogP contribution in [0.1, 0.15) is 5.56 Å². The summed E-state index contributed by atoms with van der Waals surface area (Å²) in [5.41, 5.74) is -1.30. The van der Waals surface area contributed by atoms with Crippen molar-refractivity contribution >= 4 is 16.6 Å². The maximum atomic E-state index is 14.8. The molecule has 0 aliphatic carbocycles. The molecule has 0 saturated carbocycles. The van der Waals surface area contributed by atoms with Crippen LogP contribution in [0.3, 0.4) is 0 Å². The highest BCUT2D eigenvalue weighted by Crippen LogP contribution is 2.49. The third-order valence-corrected chi connectivity index (χ3v) is 5.32. The van der Waals surface area contributed by atoms with Crippen LogP contribution in [0.15, 0.2) is 72.8 Å². The number of hydrogen-bond donors (Lipinski definition) is 1. The van der Waals surface area contributed by atoms with Gasteiger partial charge >= 0.3 is 6.18 Å². The van der Waals surface area contributed by atoms with Gasteiger partial charge in [0.15, 0.2) is 0 Å². The number of para-hydroxylation sites is 1. The Balaban J connectivity index is 1.87. The monoisotopic (exact) mass is 397 g/mol. The fourth-order valence-corrected chi connectivity index (χ4v) is 4.03. The van der Waals surface area contributed by atoms with Crippen LogP contribution < -0.4 is 5.32 Å². The standard InChI is InChI=1S/C22H15F4N3/c23-17-11-6-7-14-13-21(22(24,25)26,27-15-8-2-1-3-9-15)29-20(19(14)17)16-10-4-5-12-18(16)28-29/h1-12,27H,13H2. The maximum Gasteiger partial charge on any atom is 0.432 e. The van der Waals surface area contributed by atoms with Crippen molar-refractivity contribution < 1.29 is 17.6 Å².